The van der Waals surface area contributed by atoms with Gasteiger partial charge in [0.15, 0.2) is 0 Å². The monoisotopic (exact) mass is 261 g/mol. The molecule has 1 unspecified atom stereocenters. The van der Waals surface area contributed by atoms with Crippen LogP contribution in [0.5, 0.6) is 5.75 Å². The minimum absolute atomic E-state index is 0.0164. The van der Waals surface area contributed by atoms with E-state index in [0.717, 1.165) is 24.7 Å². The second kappa shape index (κ2) is 5.61. The van der Waals surface area contributed by atoms with Gasteiger partial charge in [-0.3, -0.25) is 4.99 Å². The van der Waals surface area contributed by atoms with Gasteiger partial charge >= 0.3 is 0 Å². The molecule has 1 aromatic rings. The smallest absolute Gasteiger partial charge is 0.119 e. The lowest BCUT2D eigenvalue weighted by Crippen LogP contribution is -2.49. The first-order valence-corrected chi connectivity index (χ1v) is 6.69. The van der Waals surface area contributed by atoms with Crippen LogP contribution in [0.25, 0.3) is 0 Å². The number of hydrogen-bond donors (Lipinski definition) is 2. The quantitative estimate of drug-likeness (QED) is 0.857. The molecule has 19 heavy (non-hydrogen) atoms. The fourth-order valence-electron chi connectivity index (χ4n) is 2.14. The third-order valence-corrected chi connectivity index (χ3v) is 2.97. The molecule has 1 atom stereocenters. The number of benzene rings is 1. The molecule has 0 saturated carbocycles. The Kier molecular flexibility index (Phi) is 4.10. The van der Waals surface area contributed by atoms with Crippen LogP contribution in [0.3, 0.4) is 0 Å². The van der Waals surface area contributed by atoms with Crippen molar-refractivity contribution in [1.82, 2.24) is 10.6 Å². The van der Waals surface area contributed by atoms with E-state index in [1.807, 2.05) is 12.1 Å². The van der Waals surface area contributed by atoms with Crippen molar-refractivity contribution in [1.29, 1.82) is 0 Å². The Hall–Kier alpha value is -1.55. The highest BCUT2D eigenvalue weighted by Crippen LogP contribution is 2.20. The maximum absolute atomic E-state index is 5.20. The molecule has 0 spiro atoms. The summed E-state index contributed by atoms with van der Waals surface area (Å²) in [6.45, 7) is 8.18. The van der Waals surface area contributed by atoms with E-state index in [0.29, 0.717) is 0 Å². The summed E-state index contributed by atoms with van der Waals surface area (Å²) in [7, 11) is 1.68. The van der Waals surface area contributed by atoms with Crippen LogP contribution in [0.4, 0.5) is 0 Å². The molecule has 1 heterocycles. The highest BCUT2D eigenvalue weighted by atomic mass is 16.5. The average Bonchev–Trinajstić information content (AvgIpc) is 2.38. The van der Waals surface area contributed by atoms with E-state index >= 15 is 0 Å². The highest BCUT2D eigenvalue weighted by Gasteiger charge is 2.24. The Bertz CT molecular complexity index is 445. The number of ether oxygens (including phenoxy) is 1. The minimum Gasteiger partial charge on any atom is -0.497 e. The van der Waals surface area contributed by atoms with Crippen molar-refractivity contribution in [3.8, 4) is 5.75 Å². The summed E-state index contributed by atoms with van der Waals surface area (Å²) in [5.41, 5.74) is 1.22. The van der Waals surface area contributed by atoms with Gasteiger partial charge in [0, 0.05) is 12.1 Å². The van der Waals surface area contributed by atoms with Gasteiger partial charge in [-0.2, -0.15) is 0 Å². The first kappa shape index (κ1) is 13.9. The van der Waals surface area contributed by atoms with Crippen molar-refractivity contribution in [3.63, 3.8) is 0 Å². The van der Waals surface area contributed by atoms with E-state index in [2.05, 4.69) is 48.5 Å². The third kappa shape index (κ3) is 3.70. The van der Waals surface area contributed by atoms with Crippen LogP contribution in [0.1, 0.15) is 32.4 Å². The second-order valence-electron chi connectivity index (χ2n) is 5.80. The van der Waals surface area contributed by atoms with Crippen LogP contribution in [0.15, 0.2) is 29.3 Å². The molecule has 104 valence electrons. The summed E-state index contributed by atoms with van der Waals surface area (Å²) in [5, 5.41) is 7.00. The Morgan fingerprint density at radius 1 is 1.26 bits per heavy atom. The van der Waals surface area contributed by atoms with Crippen LogP contribution in [0, 0.1) is 0 Å². The molecule has 1 aliphatic heterocycles. The third-order valence-electron chi connectivity index (χ3n) is 2.97. The van der Waals surface area contributed by atoms with Gasteiger partial charge in [0.05, 0.1) is 19.7 Å². The number of nitrogens with one attached hydrogen (secondary N) is 2. The SMILES string of the molecule is COc1ccc(C2NCCN=C2NC(C)(C)C)cc1. The first-order chi connectivity index (χ1) is 8.99. The zero-order valence-corrected chi connectivity index (χ0v) is 12.2. The zero-order chi connectivity index (χ0) is 13.9. The summed E-state index contributed by atoms with van der Waals surface area (Å²) >= 11 is 0. The van der Waals surface area contributed by atoms with Gasteiger partial charge in [0.1, 0.15) is 11.6 Å². The van der Waals surface area contributed by atoms with E-state index < -0.39 is 0 Å². The molecule has 1 aliphatic rings. The van der Waals surface area contributed by atoms with E-state index in [1.54, 1.807) is 7.11 Å². The molecule has 0 fully saturated rings. The fourth-order valence-corrected chi connectivity index (χ4v) is 2.14. The summed E-state index contributed by atoms with van der Waals surface area (Å²) in [5.74, 6) is 1.89. The predicted octanol–water partition coefficient (Wildman–Crippen LogP) is 2.13. The maximum atomic E-state index is 5.20. The molecule has 0 amide bonds. The van der Waals surface area contributed by atoms with Gasteiger partial charge in [0.2, 0.25) is 0 Å². The van der Waals surface area contributed by atoms with Gasteiger partial charge < -0.3 is 15.4 Å². The second-order valence-corrected chi connectivity index (χ2v) is 5.80. The number of amidine groups is 1. The Balaban J connectivity index is 2.20. The number of rotatable bonds is 2. The molecule has 2 rings (SSSR count). The maximum Gasteiger partial charge on any atom is 0.119 e. The van der Waals surface area contributed by atoms with Crippen LogP contribution >= 0.6 is 0 Å². The van der Waals surface area contributed by atoms with Crippen molar-refractivity contribution < 1.29 is 4.74 Å². The Labute approximate surface area is 115 Å². The molecule has 0 bridgehead atoms. The lowest BCUT2D eigenvalue weighted by atomic mass is 10.0. The lowest BCUT2D eigenvalue weighted by molar-refractivity contribution is 0.414. The number of methoxy groups -OCH3 is 1. The van der Waals surface area contributed by atoms with Crippen molar-refractivity contribution in [2.24, 2.45) is 4.99 Å². The highest BCUT2D eigenvalue weighted by molar-refractivity contribution is 5.89. The van der Waals surface area contributed by atoms with E-state index in [1.165, 1.54) is 5.56 Å². The van der Waals surface area contributed by atoms with Gasteiger partial charge in [-0.1, -0.05) is 12.1 Å². The summed E-state index contributed by atoms with van der Waals surface area (Å²) < 4.78 is 5.20. The Morgan fingerprint density at radius 2 is 1.95 bits per heavy atom. The van der Waals surface area contributed by atoms with E-state index in [-0.39, 0.29) is 11.6 Å². The van der Waals surface area contributed by atoms with Crippen molar-refractivity contribution in [2.45, 2.75) is 32.4 Å². The van der Waals surface area contributed by atoms with Gasteiger partial charge in [-0.25, -0.2) is 0 Å². The molecule has 2 N–H and O–H groups in total. The van der Waals surface area contributed by atoms with Gasteiger partial charge in [0.25, 0.3) is 0 Å². The van der Waals surface area contributed by atoms with Crippen LogP contribution in [-0.2, 0) is 0 Å². The van der Waals surface area contributed by atoms with Crippen LogP contribution in [0.2, 0.25) is 0 Å². The number of hydrogen-bond acceptors (Lipinski definition) is 4. The number of nitrogens with zero attached hydrogens (tertiary/aromatic N) is 1. The molecule has 0 aliphatic carbocycles. The van der Waals surface area contributed by atoms with Gasteiger partial charge in [-0.15, -0.1) is 0 Å². The molecule has 0 aromatic heterocycles. The molecule has 4 heteroatoms. The van der Waals surface area contributed by atoms with Crippen molar-refractivity contribution >= 4 is 5.84 Å². The molecular formula is C15H23N3O. The van der Waals surface area contributed by atoms with Crippen molar-refractivity contribution in [2.75, 3.05) is 20.2 Å². The summed E-state index contributed by atoms with van der Waals surface area (Å²) in [4.78, 5) is 4.63. The van der Waals surface area contributed by atoms with Gasteiger partial charge in [-0.05, 0) is 38.5 Å². The minimum atomic E-state index is 0.0164. The molecule has 0 radical (unpaired) electrons. The first-order valence-electron chi connectivity index (χ1n) is 6.69. The van der Waals surface area contributed by atoms with Crippen molar-refractivity contribution in [3.05, 3.63) is 29.8 Å². The fraction of sp³-hybridized carbons (Fsp3) is 0.533. The summed E-state index contributed by atoms with van der Waals surface area (Å²) in [6.07, 6.45) is 0. The molecule has 1 aromatic carbocycles. The predicted molar refractivity (Wildman–Crippen MR) is 78.9 cm³/mol. The molecular weight excluding hydrogens is 238 g/mol. The summed E-state index contributed by atoms with van der Waals surface area (Å²) in [6, 6.07) is 8.28. The average molecular weight is 261 g/mol. The Morgan fingerprint density at radius 3 is 2.53 bits per heavy atom. The van der Waals surface area contributed by atoms with Crippen LogP contribution in [-0.4, -0.2) is 31.6 Å². The normalized spacial score (nSPS) is 19.8. The lowest BCUT2D eigenvalue weighted by Gasteiger charge is -2.31. The standard InChI is InChI=1S/C15H23N3O/c1-15(2,3)18-14-13(16-9-10-17-14)11-5-7-12(19-4)8-6-11/h5-8,13,16H,9-10H2,1-4H3,(H,17,18). The topological polar surface area (TPSA) is 45.6 Å². The zero-order valence-electron chi connectivity index (χ0n) is 12.2. The van der Waals surface area contributed by atoms with Crippen LogP contribution < -0.4 is 15.4 Å². The van der Waals surface area contributed by atoms with E-state index in [4.69, 9.17) is 4.74 Å². The number of aliphatic imine (C=N–C) groups is 1. The largest absolute Gasteiger partial charge is 0.497 e. The molecule has 4 nitrogen and oxygen atoms in total. The molecule has 0 saturated heterocycles. The van der Waals surface area contributed by atoms with E-state index in [9.17, 15) is 0 Å².